The van der Waals surface area contributed by atoms with E-state index < -0.39 is 6.29 Å². The van der Waals surface area contributed by atoms with Crippen molar-refractivity contribution < 1.29 is 18.8 Å². The number of hydrogen-bond donors (Lipinski definition) is 2. The van der Waals surface area contributed by atoms with Crippen LogP contribution >= 0.6 is 15.9 Å². The number of hydrogen-bond acceptors (Lipinski definition) is 7. The lowest BCUT2D eigenvalue weighted by Gasteiger charge is -2.13. The van der Waals surface area contributed by atoms with Crippen LogP contribution in [-0.2, 0) is 9.57 Å². The molecule has 0 radical (unpaired) electrons. The molecule has 0 saturated carbocycles. The molecule has 2 aromatic rings. The second-order valence-electron chi connectivity index (χ2n) is 5.74. The molecule has 142 valence electrons. The van der Waals surface area contributed by atoms with Crippen LogP contribution in [0.3, 0.4) is 0 Å². The molecule has 0 amide bonds. The van der Waals surface area contributed by atoms with Crippen LogP contribution in [0.25, 0.3) is 11.0 Å². The van der Waals surface area contributed by atoms with E-state index in [0.29, 0.717) is 29.2 Å². The van der Waals surface area contributed by atoms with Gasteiger partial charge in [0.1, 0.15) is 11.3 Å². The maximum Gasteiger partial charge on any atom is 0.235 e. The van der Waals surface area contributed by atoms with Crippen LogP contribution in [0.1, 0.15) is 30.0 Å². The molecular weight excluding hydrogens is 402 g/mol. The van der Waals surface area contributed by atoms with E-state index in [1.807, 2.05) is 47.1 Å². The molecule has 0 saturated heterocycles. The monoisotopic (exact) mass is 425 g/mol. The molecule has 2 unspecified atom stereocenters. The van der Waals surface area contributed by atoms with Crippen LogP contribution in [0.4, 0.5) is 5.69 Å². The van der Waals surface area contributed by atoms with Crippen molar-refractivity contribution in [1.29, 1.82) is 0 Å². The predicted octanol–water partition coefficient (Wildman–Crippen LogP) is 3.62. The largest absolute Gasteiger partial charge is 0.454 e. The van der Waals surface area contributed by atoms with Gasteiger partial charge in [-0.15, -0.1) is 0 Å². The molecule has 2 atom stereocenters. The zero-order valence-electron chi connectivity index (χ0n) is 15.6. The smallest absolute Gasteiger partial charge is 0.235 e. The van der Waals surface area contributed by atoms with Crippen molar-refractivity contribution in [2.75, 3.05) is 33.1 Å². The van der Waals surface area contributed by atoms with E-state index in [2.05, 4.69) is 31.7 Å². The summed E-state index contributed by atoms with van der Waals surface area (Å²) in [6.07, 6.45) is 0.331. The first-order valence-electron chi connectivity index (χ1n) is 8.35. The summed E-state index contributed by atoms with van der Waals surface area (Å²) in [7, 11) is 5.57. The van der Waals surface area contributed by atoms with E-state index >= 15 is 0 Å². The fraction of sp³-hybridized carbons (Fsp3) is 0.444. The number of carbonyl (C=O) groups excluding carboxylic acids is 1. The summed E-state index contributed by atoms with van der Waals surface area (Å²) in [5.41, 5.74) is 2.54. The van der Waals surface area contributed by atoms with Crippen LogP contribution < -0.4 is 10.6 Å². The number of aldehydes is 1. The Hall–Kier alpha value is -1.90. The van der Waals surface area contributed by atoms with Crippen molar-refractivity contribution >= 4 is 44.6 Å². The van der Waals surface area contributed by atoms with Gasteiger partial charge in [0.25, 0.3) is 0 Å². The van der Waals surface area contributed by atoms with Crippen LogP contribution in [0.15, 0.2) is 26.2 Å². The molecule has 1 aromatic carbocycles. The number of carbonyl (C=O) groups is 1. The van der Waals surface area contributed by atoms with Crippen molar-refractivity contribution in [2.45, 2.75) is 20.1 Å². The quantitative estimate of drug-likeness (QED) is 0.711. The standard InChI is InChI=1S/C16H17BrN2O4.C2H7N/c1-4-21-16-8(2)14(19-23-16)15-10(7-20)9-5-11(17)12(18-3)6-13(9)22-15;1-3-2/h5-8,16,18H,4H2,1-3H3;3H,1-2H3. The van der Waals surface area contributed by atoms with Gasteiger partial charge in [-0.1, -0.05) is 12.1 Å². The number of halogens is 1. The van der Waals surface area contributed by atoms with Crippen molar-refractivity contribution in [2.24, 2.45) is 11.1 Å². The summed E-state index contributed by atoms with van der Waals surface area (Å²) in [5, 5.41) is 10.6. The van der Waals surface area contributed by atoms with Gasteiger partial charge in [0, 0.05) is 29.6 Å². The highest BCUT2D eigenvalue weighted by atomic mass is 79.9. The van der Waals surface area contributed by atoms with Gasteiger partial charge in [-0.25, -0.2) is 0 Å². The average molecular weight is 426 g/mol. The molecule has 1 aliphatic heterocycles. The summed E-state index contributed by atoms with van der Waals surface area (Å²) < 4.78 is 12.3. The Morgan fingerprint density at radius 2 is 2.04 bits per heavy atom. The third kappa shape index (κ3) is 3.92. The van der Waals surface area contributed by atoms with Gasteiger partial charge in [0.2, 0.25) is 6.29 Å². The van der Waals surface area contributed by atoms with Gasteiger partial charge in [-0.05, 0) is 43.0 Å². The highest BCUT2D eigenvalue weighted by Crippen LogP contribution is 2.35. The third-order valence-electron chi connectivity index (χ3n) is 3.86. The Balaban J connectivity index is 0.000000758. The number of anilines is 1. The fourth-order valence-corrected chi connectivity index (χ4v) is 3.18. The molecule has 8 heteroatoms. The van der Waals surface area contributed by atoms with Crippen molar-refractivity contribution in [1.82, 2.24) is 5.32 Å². The molecule has 1 aromatic heterocycles. The van der Waals surface area contributed by atoms with E-state index in [-0.39, 0.29) is 5.92 Å². The topological polar surface area (TPSA) is 85.1 Å². The second-order valence-corrected chi connectivity index (χ2v) is 6.59. The summed E-state index contributed by atoms with van der Waals surface area (Å²) in [6, 6.07) is 3.70. The first-order valence-corrected chi connectivity index (χ1v) is 9.14. The summed E-state index contributed by atoms with van der Waals surface area (Å²) in [6.45, 7) is 4.35. The van der Waals surface area contributed by atoms with Gasteiger partial charge >= 0.3 is 0 Å². The zero-order chi connectivity index (χ0) is 19.3. The molecule has 2 heterocycles. The predicted molar refractivity (Wildman–Crippen MR) is 106 cm³/mol. The molecule has 2 N–H and O–H groups in total. The SMILES string of the molecule is CCOC1ON=C(c2oc3cc(NC)c(Br)cc3c2C=O)C1C.CNC. The van der Waals surface area contributed by atoms with Crippen LogP contribution in [0.2, 0.25) is 0 Å². The number of nitrogens with zero attached hydrogens (tertiary/aromatic N) is 1. The fourth-order valence-electron chi connectivity index (χ4n) is 2.63. The van der Waals surface area contributed by atoms with E-state index in [1.54, 1.807) is 0 Å². The molecule has 26 heavy (non-hydrogen) atoms. The van der Waals surface area contributed by atoms with Crippen LogP contribution in [0.5, 0.6) is 0 Å². The lowest BCUT2D eigenvalue weighted by molar-refractivity contribution is -0.138. The molecule has 0 bridgehead atoms. The third-order valence-corrected chi connectivity index (χ3v) is 4.52. The highest BCUT2D eigenvalue weighted by molar-refractivity contribution is 9.10. The van der Waals surface area contributed by atoms with Gasteiger partial charge < -0.3 is 24.6 Å². The Bertz CT molecular complexity index is 803. The second kappa shape index (κ2) is 9.16. The molecule has 0 aliphatic carbocycles. The molecule has 0 spiro atoms. The first kappa shape index (κ1) is 20.4. The number of nitrogens with one attached hydrogen (secondary N) is 2. The summed E-state index contributed by atoms with van der Waals surface area (Å²) in [5.74, 6) is 0.311. The number of furan rings is 1. The van der Waals surface area contributed by atoms with E-state index in [1.165, 1.54) is 0 Å². The Kier molecular flexibility index (Phi) is 7.19. The number of oxime groups is 1. The minimum Gasteiger partial charge on any atom is -0.454 e. The normalized spacial score (nSPS) is 18.8. The van der Waals surface area contributed by atoms with Crippen molar-refractivity contribution in [3.63, 3.8) is 0 Å². The molecular formula is C18H24BrN3O4. The lowest BCUT2D eigenvalue weighted by atomic mass is 10.00. The van der Waals surface area contributed by atoms with Crippen molar-refractivity contribution in [3.05, 3.63) is 27.9 Å². The number of ether oxygens (including phenoxy) is 1. The van der Waals surface area contributed by atoms with Gasteiger partial charge in [0.05, 0.1) is 17.2 Å². The van der Waals surface area contributed by atoms with Gasteiger partial charge in [-0.2, -0.15) is 0 Å². The summed E-state index contributed by atoms with van der Waals surface area (Å²) >= 11 is 3.48. The van der Waals surface area contributed by atoms with Crippen LogP contribution in [-0.4, -0.2) is 46.0 Å². The van der Waals surface area contributed by atoms with Crippen LogP contribution in [0, 0.1) is 5.92 Å². The maximum atomic E-state index is 11.6. The minimum absolute atomic E-state index is 0.124. The summed E-state index contributed by atoms with van der Waals surface area (Å²) in [4.78, 5) is 16.9. The number of benzene rings is 1. The zero-order valence-corrected chi connectivity index (χ0v) is 17.1. The lowest BCUT2D eigenvalue weighted by Crippen LogP contribution is -2.24. The first-order chi connectivity index (χ1) is 12.5. The number of fused-ring (bicyclic) bond motifs is 1. The van der Waals surface area contributed by atoms with E-state index in [0.717, 1.165) is 21.8 Å². The Labute approximate surface area is 161 Å². The average Bonchev–Trinajstić information content (AvgIpc) is 3.15. The molecule has 1 aliphatic rings. The van der Waals surface area contributed by atoms with Gasteiger partial charge in [0.15, 0.2) is 12.0 Å². The Morgan fingerprint density at radius 1 is 1.35 bits per heavy atom. The Morgan fingerprint density at radius 3 is 2.62 bits per heavy atom. The molecule has 0 fully saturated rings. The molecule has 7 nitrogen and oxygen atoms in total. The van der Waals surface area contributed by atoms with E-state index in [4.69, 9.17) is 14.0 Å². The highest BCUT2D eigenvalue weighted by Gasteiger charge is 2.35. The minimum atomic E-state index is -0.456. The number of rotatable bonds is 5. The maximum absolute atomic E-state index is 11.6. The van der Waals surface area contributed by atoms with E-state index in [9.17, 15) is 4.79 Å². The molecule has 3 rings (SSSR count). The van der Waals surface area contributed by atoms with Gasteiger partial charge in [-0.3, -0.25) is 4.79 Å². The van der Waals surface area contributed by atoms with Crippen molar-refractivity contribution in [3.8, 4) is 0 Å².